The van der Waals surface area contributed by atoms with Gasteiger partial charge in [0, 0.05) is 56.9 Å². The maximum absolute atomic E-state index is 13.6. The Morgan fingerprint density at radius 1 is 0.979 bits per heavy atom. The van der Waals surface area contributed by atoms with Crippen LogP contribution >= 0.6 is 24.0 Å². The third kappa shape index (κ3) is 9.23. The Morgan fingerprint density at radius 2 is 1.57 bits per heavy atom. The van der Waals surface area contributed by atoms with Gasteiger partial charge >= 0.3 is 5.97 Å². The number of amides is 1. The highest BCUT2D eigenvalue weighted by molar-refractivity contribution is 8.26. The van der Waals surface area contributed by atoms with Crippen molar-refractivity contribution in [2.75, 3.05) is 42.5 Å². The van der Waals surface area contributed by atoms with E-state index in [1.54, 1.807) is 28.5 Å². The fourth-order valence-corrected chi connectivity index (χ4v) is 7.47. The maximum Gasteiger partial charge on any atom is 0.303 e. The predicted octanol–water partition coefficient (Wildman–Crippen LogP) is 6.70. The number of thioether (sulfide) groups is 1. The van der Waals surface area contributed by atoms with E-state index in [2.05, 4.69) is 15.9 Å². The molecule has 0 unspecified atom stereocenters. The first-order valence-corrected chi connectivity index (χ1v) is 17.8. The summed E-state index contributed by atoms with van der Waals surface area (Å²) in [6.45, 7) is 7.28. The number of thiocarbonyl (C=S) groups is 1. The average Bonchev–Trinajstić information content (AvgIpc) is 3.32. The van der Waals surface area contributed by atoms with Crippen LogP contribution < -0.4 is 15.4 Å². The van der Waals surface area contributed by atoms with Crippen LogP contribution in [0.15, 0.2) is 34.0 Å². The molecule has 0 spiro atoms. The highest BCUT2D eigenvalue weighted by atomic mass is 32.2. The Morgan fingerprint density at radius 3 is 2.17 bits per heavy atom. The molecule has 9 nitrogen and oxygen atoms in total. The Bertz CT molecular complexity index is 1580. The minimum absolute atomic E-state index is 0.0794. The average molecular weight is 682 g/mol. The third-order valence-corrected chi connectivity index (χ3v) is 10.1. The summed E-state index contributed by atoms with van der Waals surface area (Å²) in [5.74, 6) is -0.467. The monoisotopic (exact) mass is 681 g/mol. The molecule has 47 heavy (non-hydrogen) atoms. The van der Waals surface area contributed by atoms with Crippen molar-refractivity contribution in [2.24, 2.45) is 0 Å². The number of nitriles is 1. The lowest BCUT2D eigenvalue weighted by atomic mass is 10.0. The molecule has 252 valence electrons. The molecule has 2 aromatic rings. The van der Waals surface area contributed by atoms with Gasteiger partial charge in [0.05, 0.1) is 4.91 Å². The summed E-state index contributed by atoms with van der Waals surface area (Å²) >= 11 is 6.88. The van der Waals surface area contributed by atoms with Gasteiger partial charge in [0.1, 0.15) is 27.6 Å². The van der Waals surface area contributed by atoms with E-state index in [-0.39, 0.29) is 29.3 Å². The van der Waals surface area contributed by atoms with E-state index in [4.69, 9.17) is 17.3 Å². The number of anilines is 2. The molecule has 0 bridgehead atoms. The number of unbranched alkanes of at least 4 members (excludes halogenated alkanes) is 7. The highest BCUT2D eigenvalue weighted by Crippen LogP contribution is 2.36. The summed E-state index contributed by atoms with van der Waals surface area (Å²) in [6.07, 6.45) is 10.5. The quantitative estimate of drug-likeness (QED) is 0.118. The Kier molecular flexibility index (Phi) is 13.4. The summed E-state index contributed by atoms with van der Waals surface area (Å²) in [5, 5.41) is 18.7. The molecular formula is C35H44FN5O4S2. The van der Waals surface area contributed by atoms with Gasteiger partial charge in [-0.15, -0.1) is 0 Å². The van der Waals surface area contributed by atoms with Crippen molar-refractivity contribution in [3.05, 3.63) is 62.0 Å². The van der Waals surface area contributed by atoms with Crippen molar-refractivity contribution < 1.29 is 19.1 Å². The highest BCUT2D eigenvalue weighted by Gasteiger charge is 2.33. The molecule has 0 aliphatic carbocycles. The number of aliphatic carboxylic acids is 1. The summed E-state index contributed by atoms with van der Waals surface area (Å²) < 4.78 is 15.7. The van der Waals surface area contributed by atoms with Gasteiger partial charge < -0.3 is 14.9 Å². The molecular weight excluding hydrogens is 638 g/mol. The second-order valence-corrected chi connectivity index (χ2v) is 13.7. The van der Waals surface area contributed by atoms with Gasteiger partial charge in [0.2, 0.25) is 0 Å². The molecule has 2 fully saturated rings. The van der Waals surface area contributed by atoms with Crippen molar-refractivity contribution in [3.8, 4) is 6.07 Å². The second-order valence-electron chi connectivity index (χ2n) is 12.1. The number of carboxylic acid groups (broad SMARTS) is 1. The first kappa shape index (κ1) is 36.2. The standard InChI is InChI=1S/C35H44FN5O4S2/c1-3-17-40-32(39-21-19-38(20-22-39)27-15-13-26(36)14-16-27)28(25(2)29(24-37)33(40)44)23-30-34(45)41(35(46)47-30)18-11-9-7-5-4-6-8-10-12-31(42)43/h13-16,23H,3-12,17-22H2,1-2H3,(H,42,43). The number of hydrogen-bond acceptors (Lipinski definition) is 8. The zero-order valence-electron chi connectivity index (χ0n) is 27.3. The van der Waals surface area contributed by atoms with Crippen LogP contribution in [0.2, 0.25) is 0 Å². The van der Waals surface area contributed by atoms with Crippen molar-refractivity contribution in [1.82, 2.24) is 9.47 Å². The number of carboxylic acids is 1. The van der Waals surface area contributed by atoms with Crippen molar-refractivity contribution in [2.45, 2.75) is 84.6 Å². The number of rotatable bonds is 16. The molecule has 4 rings (SSSR count). The minimum Gasteiger partial charge on any atom is -0.481 e. The molecule has 1 N–H and O–H groups in total. The summed E-state index contributed by atoms with van der Waals surface area (Å²) in [6, 6.07) is 8.55. The lowest BCUT2D eigenvalue weighted by molar-refractivity contribution is -0.137. The molecule has 0 atom stereocenters. The molecule has 2 aliphatic heterocycles. The molecule has 0 saturated carbocycles. The minimum atomic E-state index is -0.739. The van der Waals surface area contributed by atoms with Crippen LogP contribution in [0.4, 0.5) is 15.9 Å². The zero-order valence-corrected chi connectivity index (χ0v) is 28.9. The summed E-state index contributed by atoms with van der Waals surface area (Å²) in [5.41, 5.74) is 1.93. The molecule has 2 saturated heterocycles. The lowest BCUT2D eigenvalue weighted by Gasteiger charge is -2.39. The van der Waals surface area contributed by atoms with Crippen LogP contribution in [-0.4, -0.2) is 63.5 Å². The Hall–Kier alpha value is -3.69. The molecule has 1 amide bonds. The summed E-state index contributed by atoms with van der Waals surface area (Å²) in [4.78, 5) is 44.3. The van der Waals surface area contributed by atoms with Gasteiger partial charge in [-0.3, -0.25) is 23.9 Å². The smallest absolute Gasteiger partial charge is 0.303 e. The van der Waals surface area contributed by atoms with Crippen molar-refractivity contribution >= 4 is 57.8 Å². The number of benzene rings is 1. The second kappa shape index (κ2) is 17.5. The SMILES string of the molecule is CCCn1c(N2CCN(c3ccc(F)cc3)CC2)c(C=C2SC(=S)N(CCCCCCCCCCC(=O)O)C2=O)c(C)c(C#N)c1=O. The number of halogens is 1. The number of hydrogen-bond donors (Lipinski definition) is 1. The Balaban J connectivity index is 1.48. The van der Waals surface area contributed by atoms with Gasteiger partial charge in [0.15, 0.2) is 0 Å². The zero-order chi connectivity index (χ0) is 33.9. The molecule has 2 aliphatic rings. The van der Waals surface area contributed by atoms with Crippen molar-refractivity contribution in [1.29, 1.82) is 5.26 Å². The van der Waals surface area contributed by atoms with Crippen LogP contribution in [0, 0.1) is 24.1 Å². The van der Waals surface area contributed by atoms with E-state index >= 15 is 0 Å². The van der Waals surface area contributed by atoms with E-state index in [1.165, 1.54) is 23.9 Å². The first-order chi connectivity index (χ1) is 22.7. The largest absolute Gasteiger partial charge is 0.481 e. The van der Waals surface area contributed by atoms with E-state index < -0.39 is 5.97 Å². The van der Waals surface area contributed by atoms with Crippen molar-refractivity contribution in [3.63, 3.8) is 0 Å². The number of nitrogens with zero attached hydrogens (tertiary/aromatic N) is 5. The topological polar surface area (TPSA) is 110 Å². The molecule has 1 aromatic heterocycles. The van der Waals surface area contributed by atoms with Crippen LogP contribution in [0.5, 0.6) is 0 Å². The number of pyridine rings is 1. The molecule has 3 heterocycles. The van der Waals surface area contributed by atoms with Crippen LogP contribution in [0.1, 0.15) is 87.8 Å². The fourth-order valence-electron chi connectivity index (χ4n) is 6.17. The first-order valence-electron chi connectivity index (χ1n) is 16.6. The maximum atomic E-state index is 13.6. The number of piperazine rings is 1. The van der Waals surface area contributed by atoms with Gasteiger partial charge in [0.25, 0.3) is 11.5 Å². The van der Waals surface area contributed by atoms with Gasteiger partial charge in [-0.1, -0.05) is 69.4 Å². The van der Waals surface area contributed by atoms with E-state index in [0.717, 1.165) is 57.1 Å². The van der Waals surface area contributed by atoms with E-state index in [1.807, 2.05) is 13.0 Å². The van der Waals surface area contributed by atoms with E-state index in [9.17, 15) is 24.0 Å². The van der Waals surface area contributed by atoms with Crippen LogP contribution in [0.3, 0.4) is 0 Å². The number of carbonyl (C=O) groups excluding carboxylic acids is 1. The van der Waals surface area contributed by atoms with Gasteiger partial charge in [-0.25, -0.2) is 4.39 Å². The predicted molar refractivity (Wildman–Crippen MR) is 190 cm³/mol. The Labute approximate surface area is 286 Å². The van der Waals surface area contributed by atoms with Crippen LogP contribution in [0.25, 0.3) is 6.08 Å². The van der Waals surface area contributed by atoms with Crippen LogP contribution in [-0.2, 0) is 16.1 Å². The summed E-state index contributed by atoms with van der Waals surface area (Å²) in [7, 11) is 0. The third-order valence-electron chi connectivity index (χ3n) is 8.74. The molecule has 0 radical (unpaired) electrons. The van der Waals surface area contributed by atoms with E-state index in [0.29, 0.717) is 71.9 Å². The molecule has 1 aromatic carbocycles. The van der Waals surface area contributed by atoms with Gasteiger partial charge in [-0.2, -0.15) is 5.26 Å². The molecule has 12 heteroatoms. The number of carbonyl (C=O) groups is 2. The fraction of sp³-hybridized carbons (Fsp3) is 0.514. The lowest BCUT2D eigenvalue weighted by Crippen LogP contribution is -2.48. The van der Waals surface area contributed by atoms with Gasteiger partial charge in [-0.05, 0) is 62.1 Å². The normalized spacial score (nSPS) is 16.0. The number of aromatic nitrogens is 1.